The normalized spacial score (nSPS) is 14.5. The van der Waals surface area contributed by atoms with E-state index in [0.29, 0.717) is 44.6 Å². The Labute approximate surface area is 164 Å². The fourth-order valence-corrected chi connectivity index (χ4v) is 3.32. The first-order valence-corrected chi connectivity index (χ1v) is 9.61. The van der Waals surface area contributed by atoms with Crippen LogP contribution < -0.4 is 5.32 Å². The lowest BCUT2D eigenvalue weighted by molar-refractivity contribution is -0.132. The van der Waals surface area contributed by atoms with E-state index in [1.54, 1.807) is 34.9 Å². The summed E-state index contributed by atoms with van der Waals surface area (Å²) in [4.78, 5) is 39.3. The summed E-state index contributed by atoms with van der Waals surface area (Å²) in [7, 11) is 0. The van der Waals surface area contributed by atoms with E-state index in [9.17, 15) is 18.8 Å². The van der Waals surface area contributed by atoms with Gasteiger partial charge in [0.05, 0.1) is 6.61 Å². The maximum atomic E-state index is 13.6. The van der Waals surface area contributed by atoms with E-state index in [1.807, 2.05) is 0 Å². The van der Waals surface area contributed by atoms with Crippen LogP contribution in [0.1, 0.15) is 38.7 Å². The lowest BCUT2D eigenvalue weighted by Crippen LogP contribution is -2.49. The third-order valence-corrected chi connectivity index (χ3v) is 4.85. The molecule has 1 aromatic carbocycles. The molecule has 1 aliphatic rings. The van der Waals surface area contributed by atoms with Crippen LogP contribution in [0.4, 0.5) is 9.18 Å². The first kappa shape index (κ1) is 21.7. The van der Waals surface area contributed by atoms with E-state index < -0.39 is 0 Å². The van der Waals surface area contributed by atoms with Crippen molar-refractivity contribution in [2.45, 2.75) is 45.7 Å². The Hall–Kier alpha value is -2.64. The summed E-state index contributed by atoms with van der Waals surface area (Å²) < 4.78 is 18.6. The number of ether oxygens (including phenoxy) is 1. The van der Waals surface area contributed by atoms with Crippen molar-refractivity contribution in [3.8, 4) is 0 Å². The first-order valence-electron chi connectivity index (χ1n) is 9.61. The monoisotopic (exact) mass is 393 g/mol. The van der Waals surface area contributed by atoms with E-state index in [0.717, 1.165) is 0 Å². The molecular formula is C20H28FN3O4. The largest absolute Gasteiger partial charge is 0.450 e. The number of carbonyl (C=O) groups is 3. The van der Waals surface area contributed by atoms with Crippen molar-refractivity contribution in [1.82, 2.24) is 15.1 Å². The Morgan fingerprint density at radius 2 is 1.93 bits per heavy atom. The number of halogens is 1. The molecule has 0 atom stereocenters. The van der Waals surface area contributed by atoms with Crippen molar-refractivity contribution in [3.63, 3.8) is 0 Å². The van der Waals surface area contributed by atoms with Crippen LogP contribution >= 0.6 is 0 Å². The molecule has 8 heteroatoms. The number of nitrogens with one attached hydrogen (secondary N) is 1. The zero-order chi connectivity index (χ0) is 20.5. The highest BCUT2D eigenvalue weighted by Crippen LogP contribution is 2.18. The van der Waals surface area contributed by atoms with Crippen LogP contribution in [0.5, 0.6) is 0 Å². The number of piperidine rings is 1. The molecule has 28 heavy (non-hydrogen) atoms. The van der Waals surface area contributed by atoms with E-state index in [4.69, 9.17) is 4.74 Å². The van der Waals surface area contributed by atoms with Crippen molar-refractivity contribution in [2.24, 2.45) is 0 Å². The van der Waals surface area contributed by atoms with Gasteiger partial charge in [-0.05, 0) is 25.8 Å². The summed E-state index contributed by atoms with van der Waals surface area (Å²) in [5.74, 6) is -0.698. The molecule has 3 amide bonds. The van der Waals surface area contributed by atoms with E-state index in [1.165, 1.54) is 13.0 Å². The Balaban J connectivity index is 1.80. The molecule has 0 saturated carbocycles. The molecule has 1 heterocycles. The summed E-state index contributed by atoms with van der Waals surface area (Å²) in [6, 6.07) is 6.27. The minimum atomic E-state index is -0.360. The van der Waals surface area contributed by atoms with Gasteiger partial charge in [-0.3, -0.25) is 9.59 Å². The Morgan fingerprint density at radius 1 is 1.25 bits per heavy atom. The molecule has 0 aliphatic carbocycles. The third kappa shape index (κ3) is 6.21. The van der Waals surface area contributed by atoms with Gasteiger partial charge in [0, 0.05) is 51.1 Å². The van der Waals surface area contributed by atoms with Crippen LogP contribution in [0, 0.1) is 5.82 Å². The minimum absolute atomic E-state index is 0.0115. The number of rotatable bonds is 7. The maximum Gasteiger partial charge on any atom is 0.409 e. The number of carbonyl (C=O) groups excluding carboxylic acids is 3. The van der Waals surface area contributed by atoms with Crippen LogP contribution in [0.3, 0.4) is 0 Å². The SMILES string of the molecule is CCOC(=O)N1CCC(N(CCC(=O)NCc2ccccc2F)C(C)=O)CC1. The third-order valence-electron chi connectivity index (χ3n) is 4.85. The molecule has 0 spiro atoms. The molecule has 2 rings (SSSR count). The van der Waals surface area contributed by atoms with Crippen LogP contribution in [0.2, 0.25) is 0 Å². The second-order valence-electron chi connectivity index (χ2n) is 6.75. The quantitative estimate of drug-likeness (QED) is 0.771. The van der Waals surface area contributed by atoms with Crippen LogP contribution in [-0.2, 0) is 20.9 Å². The second-order valence-corrected chi connectivity index (χ2v) is 6.75. The second kappa shape index (κ2) is 10.6. The summed E-state index contributed by atoms with van der Waals surface area (Å²) >= 11 is 0. The molecule has 154 valence electrons. The smallest absolute Gasteiger partial charge is 0.409 e. The lowest BCUT2D eigenvalue weighted by Gasteiger charge is -2.37. The molecular weight excluding hydrogens is 365 g/mol. The molecule has 1 fully saturated rings. The van der Waals surface area contributed by atoms with Gasteiger partial charge < -0.3 is 19.9 Å². The molecule has 1 aliphatic heterocycles. The van der Waals surface area contributed by atoms with Gasteiger partial charge >= 0.3 is 6.09 Å². The number of hydrogen-bond acceptors (Lipinski definition) is 4. The highest BCUT2D eigenvalue weighted by molar-refractivity contribution is 5.78. The Bertz CT molecular complexity index is 690. The van der Waals surface area contributed by atoms with Crippen molar-refractivity contribution >= 4 is 17.9 Å². The molecule has 0 radical (unpaired) electrons. The zero-order valence-corrected chi connectivity index (χ0v) is 16.4. The van der Waals surface area contributed by atoms with E-state index in [2.05, 4.69) is 5.32 Å². The maximum absolute atomic E-state index is 13.6. The number of likely N-dealkylation sites (tertiary alicyclic amines) is 1. The van der Waals surface area contributed by atoms with Gasteiger partial charge in [-0.15, -0.1) is 0 Å². The van der Waals surface area contributed by atoms with Crippen molar-refractivity contribution in [2.75, 3.05) is 26.2 Å². The number of hydrogen-bond donors (Lipinski definition) is 1. The van der Waals surface area contributed by atoms with Crippen LogP contribution in [0.15, 0.2) is 24.3 Å². The molecule has 1 aromatic rings. The fourth-order valence-electron chi connectivity index (χ4n) is 3.32. The van der Waals surface area contributed by atoms with Gasteiger partial charge in [-0.25, -0.2) is 9.18 Å². The summed E-state index contributed by atoms with van der Waals surface area (Å²) in [5, 5.41) is 2.69. The standard InChI is InChI=1S/C20H28FN3O4/c1-3-28-20(27)23-11-8-17(9-12-23)24(15(2)25)13-10-19(26)22-14-16-6-4-5-7-18(16)21/h4-7,17H,3,8-14H2,1-2H3,(H,22,26). The number of amides is 3. The highest BCUT2D eigenvalue weighted by Gasteiger charge is 2.29. The average molecular weight is 393 g/mol. The van der Waals surface area contributed by atoms with Gasteiger partial charge in [-0.1, -0.05) is 18.2 Å². The van der Waals surface area contributed by atoms with Crippen molar-refractivity contribution in [3.05, 3.63) is 35.6 Å². The van der Waals surface area contributed by atoms with Crippen LogP contribution in [0.25, 0.3) is 0 Å². The molecule has 1 saturated heterocycles. The lowest BCUT2D eigenvalue weighted by atomic mass is 10.0. The zero-order valence-electron chi connectivity index (χ0n) is 16.4. The van der Waals surface area contributed by atoms with Gasteiger partial charge in [-0.2, -0.15) is 0 Å². The molecule has 1 N–H and O–H groups in total. The van der Waals surface area contributed by atoms with Crippen molar-refractivity contribution < 1.29 is 23.5 Å². The summed E-state index contributed by atoms with van der Waals surface area (Å²) in [6.07, 6.45) is 1.11. The van der Waals surface area contributed by atoms with Gasteiger partial charge in [0.25, 0.3) is 0 Å². The Kier molecular flexibility index (Phi) is 8.22. The fraction of sp³-hybridized carbons (Fsp3) is 0.550. The summed E-state index contributed by atoms with van der Waals surface area (Å²) in [6.45, 7) is 5.03. The predicted octanol–water partition coefficient (Wildman–Crippen LogP) is 2.30. The van der Waals surface area contributed by atoms with Gasteiger partial charge in [0.15, 0.2) is 0 Å². The van der Waals surface area contributed by atoms with E-state index >= 15 is 0 Å². The van der Waals surface area contributed by atoms with Gasteiger partial charge in [0.2, 0.25) is 11.8 Å². The van der Waals surface area contributed by atoms with Crippen LogP contribution in [-0.4, -0.2) is 60.0 Å². The predicted molar refractivity (Wildman–Crippen MR) is 102 cm³/mol. The van der Waals surface area contributed by atoms with E-state index in [-0.39, 0.29) is 42.7 Å². The van der Waals surface area contributed by atoms with Gasteiger partial charge in [0.1, 0.15) is 5.82 Å². The topological polar surface area (TPSA) is 79.0 Å². The Morgan fingerprint density at radius 3 is 2.54 bits per heavy atom. The molecule has 7 nitrogen and oxygen atoms in total. The average Bonchev–Trinajstić information content (AvgIpc) is 2.68. The first-order chi connectivity index (χ1) is 13.4. The number of nitrogens with zero attached hydrogens (tertiary/aromatic N) is 2. The molecule has 0 bridgehead atoms. The highest BCUT2D eigenvalue weighted by atomic mass is 19.1. The minimum Gasteiger partial charge on any atom is -0.450 e. The van der Waals surface area contributed by atoms with Crippen molar-refractivity contribution in [1.29, 1.82) is 0 Å². The molecule has 0 aromatic heterocycles. The summed E-state index contributed by atoms with van der Waals surface area (Å²) in [5.41, 5.74) is 0.422. The molecule has 0 unspecified atom stereocenters. The number of benzene rings is 1.